The Morgan fingerprint density at radius 3 is 2.16 bits per heavy atom. The molecule has 3 amide bonds. The van der Waals surface area contributed by atoms with Crippen molar-refractivity contribution in [3.8, 4) is 5.75 Å². The van der Waals surface area contributed by atoms with E-state index in [0.717, 1.165) is 22.3 Å². The van der Waals surface area contributed by atoms with Crippen molar-refractivity contribution in [1.29, 1.82) is 0 Å². The number of carbonyl (C=O) groups excluding carboxylic acids is 3. The van der Waals surface area contributed by atoms with Crippen LogP contribution in [0.25, 0.3) is 0 Å². The first-order valence-electron chi connectivity index (χ1n) is 16.0. The monoisotopic (exact) mass is 660 g/mol. The molecule has 5 rings (SSSR count). The lowest BCUT2D eigenvalue weighted by molar-refractivity contribution is -0.138. The van der Waals surface area contributed by atoms with E-state index < -0.39 is 18.0 Å². The number of nitrogens with two attached hydrogens (primary N) is 1. The lowest BCUT2D eigenvalue weighted by atomic mass is 10.1. The zero-order valence-corrected chi connectivity index (χ0v) is 27.1. The van der Waals surface area contributed by atoms with E-state index in [9.17, 15) is 14.4 Å². The van der Waals surface area contributed by atoms with Gasteiger partial charge >= 0.3 is 6.09 Å². The molecule has 5 N–H and O–H groups in total. The molecular weight excluding hydrogens is 620 g/mol. The number of H-pyrrole nitrogens is 1. The Hall–Kier alpha value is -6.10. The highest BCUT2D eigenvalue weighted by molar-refractivity contribution is 5.89. The zero-order chi connectivity index (χ0) is 34.3. The fourth-order valence-electron chi connectivity index (χ4n) is 5.14. The molecule has 1 heterocycles. The number of benzene rings is 4. The Labute approximate surface area is 285 Å². The van der Waals surface area contributed by atoms with Crippen LogP contribution in [-0.4, -0.2) is 51.9 Å². The second-order valence-corrected chi connectivity index (χ2v) is 11.5. The predicted molar refractivity (Wildman–Crippen MR) is 186 cm³/mol. The van der Waals surface area contributed by atoms with Crippen molar-refractivity contribution in [1.82, 2.24) is 25.5 Å². The number of aromatic nitrogens is 2. The summed E-state index contributed by atoms with van der Waals surface area (Å²) in [6.45, 7) is 0.659. The predicted octanol–water partition coefficient (Wildman–Crippen LogP) is 4.80. The fourth-order valence-corrected chi connectivity index (χ4v) is 5.14. The van der Waals surface area contributed by atoms with Crippen molar-refractivity contribution in [2.24, 2.45) is 0 Å². The largest absolute Gasteiger partial charge is 0.489 e. The molecule has 252 valence electrons. The van der Waals surface area contributed by atoms with Gasteiger partial charge < -0.3 is 35.7 Å². The van der Waals surface area contributed by atoms with Gasteiger partial charge in [0.05, 0.1) is 12.9 Å². The first kappa shape index (κ1) is 34.2. The minimum absolute atomic E-state index is 0.0361. The summed E-state index contributed by atoms with van der Waals surface area (Å²) in [5.74, 6) is -0.140. The normalized spacial score (nSPS) is 11.3. The number of nitrogens with zero attached hydrogens (tertiary/aromatic N) is 2. The molecule has 5 aromatic rings. The van der Waals surface area contributed by atoms with Crippen molar-refractivity contribution >= 4 is 23.6 Å². The van der Waals surface area contributed by atoms with Crippen molar-refractivity contribution in [2.75, 3.05) is 18.8 Å². The van der Waals surface area contributed by atoms with Crippen LogP contribution in [0.4, 0.5) is 10.5 Å². The number of carbonyl (C=O) groups is 3. The molecule has 11 heteroatoms. The summed E-state index contributed by atoms with van der Waals surface area (Å²) in [7, 11) is 0. The smallest absolute Gasteiger partial charge is 0.408 e. The highest BCUT2D eigenvalue weighted by atomic mass is 16.5. The van der Waals surface area contributed by atoms with Crippen molar-refractivity contribution in [2.45, 2.75) is 38.6 Å². The topological polar surface area (TPSA) is 152 Å². The molecule has 49 heavy (non-hydrogen) atoms. The van der Waals surface area contributed by atoms with E-state index in [2.05, 4.69) is 20.6 Å². The molecule has 0 aliphatic rings. The summed E-state index contributed by atoms with van der Waals surface area (Å²) in [4.78, 5) is 48.8. The molecule has 0 spiro atoms. The van der Waals surface area contributed by atoms with E-state index >= 15 is 0 Å². The van der Waals surface area contributed by atoms with Gasteiger partial charge in [-0.05, 0) is 46.9 Å². The third-order valence-electron chi connectivity index (χ3n) is 7.74. The Morgan fingerprint density at radius 1 is 0.816 bits per heavy atom. The summed E-state index contributed by atoms with van der Waals surface area (Å²) in [5, 5.41) is 5.61. The van der Waals surface area contributed by atoms with Crippen LogP contribution < -0.4 is 21.1 Å². The lowest BCUT2D eigenvalue weighted by Gasteiger charge is -2.27. The summed E-state index contributed by atoms with van der Waals surface area (Å²) in [6, 6.07) is 32.9. The second kappa shape index (κ2) is 17.7. The number of nitrogen functional groups attached to an aromatic ring is 1. The van der Waals surface area contributed by atoms with Gasteiger partial charge in [0.25, 0.3) is 0 Å². The molecule has 0 aliphatic carbocycles. The molecule has 0 radical (unpaired) electrons. The quantitative estimate of drug-likeness (QED) is 0.111. The van der Waals surface area contributed by atoms with E-state index in [1.54, 1.807) is 6.20 Å². The van der Waals surface area contributed by atoms with Gasteiger partial charge in [-0.15, -0.1) is 0 Å². The highest BCUT2D eigenvalue weighted by Gasteiger charge is 2.29. The van der Waals surface area contributed by atoms with Crippen LogP contribution in [-0.2, 0) is 46.9 Å². The Kier molecular flexibility index (Phi) is 12.4. The molecule has 0 saturated heterocycles. The van der Waals surface area contributed by atoms with Gasteiger partial charge in [-0.1, -0.05) is 91.0 Å². The standard InChI is InChI=1S/C38H40N6O5/c39-34-14-8-7-13-31(34)19-20-41-36(45)24-44(23-28-15-17-33(18-16-28)48-25-29-9-3-1-4-10-29)37(46)35(21-32-22-40-27-42-32)43-38(47)49-26-30-11-5-2-6-12-30/h1-18,22,27,35H,19-21,23-26,39H2,(H,40,42)(H,41,45)(H,43,47)/t35-/m0/s1. The van der Waals surface area contributed by atoms with Crippen LogP contribution in [0.1, 0.15) is 27.9 Å². The summed E-state index contributed by atoms with van der Waals surface area (Å²) in [5.41, 5.74) is 10.9. The number of para-hydroxylation sites is 1. The van der Waals surface area contributed by atoms with Crippen LogP contribution in [0.5, 0.6) is 5.75 Å². The lowest BCUT2D eigenvalue weighted by Crippen LogP contribution is -2.52. The number of alkyl carbamates (subject to hydrolysis) is 1. The van der Waals surface area contributed by atoms with Crippen LogP contribution in [0.15, 0.2) is 122 Å². The molecule has 0 unspecified atom stereocenters. The van der Waals surface area contributed by atoms with Gasteiger partial charge in [-0.25, -0.2) is 9.78 Å². The second-order valence-electron chi connectivity index (χ2n) is 11.5. The van der Waals surface area contributed by atoms with Gasteiger partial charge in [-0.3, -0.25) is 9.59 Å². The molecule has 11 nitrogen and oxygen atoms in total. The number of rotatable bonds is 16. The molecule has 4 aromatic carbocycles. The Bertz CT molecular complexity index is 1770. The molecule has 0 bridgehead atoms. The van der Waals surface area contributed by atoms with E-state index in [4.69, 9.17) is 15.2 Å². The maximum Gasteiger partial charge on any atom is 0.408 e. The molecule has 0 fully saturated rings. The molecular formula is C38H40N6O5. The van der Waals surface area contributed by atoms with Gasteiger partial charge in [0.2, 0.25) is 11.8 Å². The maximum absolute atomic E-state index is 14.2. The number of nitrogens with one attached hydrogen (secondary N) is 3. The Balaban J connectivity index is 1.28. The van der Waals surface area contributed by atoms with Crippen LogP contribution in [0, 0.1) is 0 Å². The average Bonchev–Trinajstić information content (AvgIpc) is 3.64. The molecule has 1 atom stereocenters. The average molecular weight is 661 g/mol. The highest BCUT2D eigenvalue weighted by Crippen LogP contribution is 2.17. The number of amides is 3. The van der Waals surface area contributed by atoms with Crippen molar-refractivity contribution in [3.63, 3.8) is 0 Å². The number of hydrogen-bond acceptors (Lipinski definition) is 7. The van der Waals surface area contributed by atoms with Crippen LogP contribution in [0.2, 0.25) is 0 Å². The van der Waals surface area contributed by atoms with Gasteiger partial charge in [0, 0.05) is 37.1 Å². The van der Waals surface area contributed by atoms with Crippen molar-refractivity contribution in [3.05, 3.63) is 150 Å². The molecule has 0 saturated carbocycles. The SMILES string of the molecule is Nc1ccccc1CCNC(=O)CN(Cc1ccc(OCc2ccccc2)cc1)C(=O)[C@H](Cc1cnc[nH]1)NC(=O)OCc1ccccc1. The summed E-state index contributed by atoms with van der Waals surface area (Å²) >= 11 is 0. The number of aromatic amines is 1. The number of ether oxygens (including phenoxy) is 2. The minimum Gasteiger partial charge on any atom is -0.489 e. The third-order valence-corrected chi connectivity index (χ3v) is 7.74. The number of anilines is 1. The maximum atomic E-state index is 14.2. The number of imidazole rings is 1. The fraction of sp³-hybridized carbons (Fsp3) is 0.211. The van der Waals surface area contributed by atoms with Crippen LogP contribution in [0.3, 0.4) is 0 Å². The van der Waals surface area contributed by atoms with Crippen molar-refractivity contribution < 1.29 is 23.9 Å². The van der Waals surface area contributed by atoms with Gasteiger partial charge in [-0.2, -0.15) is 0 Å². The van der Waals surface area contributed by atoms with E-state index in [1.807, 2.05) is 109 Å². The minimum atomic E-state index is -1.05. The summed E-state index contributed by atoms with van der Waals surface area (Å²) < 4.78 is 11.4. The number of hydrogen-bond donors (Lipinski definition) is 4. The first-order chi connectivity index (χ1) is 23.9. The van der Waals surface area contributed by atoms with E-state index in [1.165, 1.54) is 11.2 Å². The van der Waals surface area contributed by atoms with E-state index in [0.29, 0.717) is 36.7 Å². The van der Waals surface area contributed by atoms with Crippen LogP contribution >= 0.6 is 0 Å². The zero-order valence-electron chi connectivity index (χ0n) is 27.1. The van der Waals surface area contributed by atoms with E-state index in [-0.39, 0.29) is 32.0 Å². The third kappa shape index (κ3) is 11.0. The summed E-state index contributed by atoms with van der Waals surface area (Å²) in [6.07, 6.45) is 2.96. The van der Waals surface area contributed by atoms with Gasteiger partial charge in [0.15, 0.2) is 0 Å². The molecule has 1 aromatic heterocycles. The first-order valence-corrected chi connectivity index (χ1v) is 16.0. The van der Waals surface area contributed by atoms with Gasteiger partial charge in [0.1, 0.15) is 25.0 Å². The Morgan fingerprint density at radius 2 is 1.49 bits per heavy atom. The molecule has 0 aliphatic heterocycles.